The highest BCUT2D eigenvalue weighted by Gasteiger charge is 2.42. The predicted octanol–water partition coefficient (Wildman–Crippen LogP) is -0.285. The van der Waals surface area contributed by atoms with Gasteiger partial charge in [-0.2, -0.15) is 0 Å². The van der Waals surface area contributed by atoms with Gasteiger partial charge in [-0.3, -0.25) is 0 Å². The Balaban J connectivity index is 0.000000227. The van der Waals surface area contributed by atoms with E-state index in [1.807, 2.05) is 36.7 Å². The molecule has 0 aliphatic carbocycles. The average Bonchev–Trinajstić information content (AvgIpc) is 4.31. The Bertz CT molecular complexity index is 3570. The van der Waals surface area contributed by atoms with E-state index in [4.69, 9.17) is 90.5 Å². The molecule has 2 N–H and O–H groups in total. The van der Waals surface area contributed by atoms with Crippen LogP contribution in [0.15, 0.2) is 166 Å². The largest absolute Gasteiger partial charge is 0.365 e. The molecular formula is C46H30B18N14. The number of nitrogens with zero attached hydrogens (tertiary/aromatic N) is 12. The lowest BCUT2D eigenvalue weighted by molar-refractivity contribution is 0.622. The molecule has 32 heteroatoms. The molecule has 1 aliphatic rings. The Kier molecular flexibility index (Phi) is 27.2. The molecule has 78 heavy (non-hydrogen) atoms. The average molecular weight is 973 g/mol. The van der Waals surface area contributed by atoms with E-state index in [1.54, 1.807) is 15.7 Å². The van der Waals surface area contributed by atoms with Gasteiger partial charge in [-0.05, 0) is 150 Å². The van der Waals surface area contributed by atoms with E-state index >= 15 is 0 Å². The van der Waals surface area contributed by atoms with Crippen LogP contribution in [0.1, 0.15) is 11.3 Å². The van der Waals surface area contributed by atoms with Gasteiger partial charge in [0.25, 0.3) is 0 Å². The third kappa shape index (κ3) is 19.9. The van der Waals surface area contributed by atoms with Crippen molar-refractivity contribution in [2.75, 3.05) is 24.5 Å². The first-order chi connectivity index (χ1) is 37.8. The van der Waals surface area contributed by atoms with E-state index < -0.39 is 51.1 Å². The number of hydrogen-bond acceptors (Lipinski definition) is 8. The molecule has 0 unspecified atom stereocenters. The number of rotatable bonds is 15. The minimum Gasteiger partial charge on any atom is -0.365 e. The van der Waals surface area contributed by atoms with Crippen molar-refractivity contribution >= 4 is 145 Å². The molecule has 4 aromatic heterocycles. The molecule has 0 saturated heterocycles. The van der Waals surface area contributed by atoms with Gasteiger partial charge >= 0.3 is 0 Å². The number of anilines is 1. The number of H-pyrrole nitrogens is 2. The fraction of sp³-hybridized carbons (Fsp3) is 0.152. The van der Waals surface area contributed by atoms with Gasteiger partial charge in [-0.25, -0.2) is 27.5 Å². The molecule has 0 spiro atoms. The molecule has 14 nitrogen and oxygen atoms in total. The summed E-state index contributed by atoms with van der Waals surface area (Å²) in [5.74, 6) is 1.39. The molecule has 0 amide bonds. The van der Waals surface area contributed by atoms with Crippen LogP contribution in [0.25, 0.3) is 43.4 Å². The lowest BCUT2D eigenvalue weighted by atomic mass is 8.41. The van der Waals surface area contributed by atoms with Gasteiger partial charge in [0, 0.05) is 170 Å². The third-order valence-electron chi connectivity index (χ3n) is 11.1. The van der Waals surface area contributed by atoms with Crippen LogP contribution in [0.2, 0.25) is 0 Å². The number of imidazole rings is 1. The molecule has 6 aromatic rings. The van der Waals surface area contributed by atoms with Crippen LogP contribution in [0.3, 0.4) is 0 Å². The highest BCUT2D eigenvalue weighted by Crippen LogP contribution is 2.33. The van der Waals surface area contributed by atoms with Gasteiger partial charge in [0.15, 0.2) is 11.6 Å². The highest BCUT2D eigenvalue weighted by molar-refractivity contribution is 8.17. The van der Waals surface area contributed by atoms with Crippen molar-refractivity contribution in [1.82, 2.24) is 55.4 Å². The Morgan fingerprint density at radius 1 is 0.577 bits per heavy atom. The van der Waals surface area contributed by atoms with Crippen LogP contribution in [-0.2, 0) is 26.1 Å². The number of tetrazole rings is 2. The number of benzene rings is 2. The smallest absolute Gasteiger partial charge is 0.234 e. The van der Waals surface area contributed by atoms with Crippen LogP contribution in [0, 0.1) is 13.1 Å². The first-order valence-electron chi connectivity index (χ1n) is 23.5. The van der Waals surface area contributed by atoms with E-state index in [2.05, 4.69) is 184 Å². The second-order valence-electron chi connectivity index (χ2n) is 16.3. The molecular weight excluding hydrogens is 943 g/mol. The number of aromatic nitrogens is 11. The number of fused-ring (bicyclic) bond motifs is 2. The van der Waals surface area contributed by atoms with E-state index in [-0.39, 0.29) is 0 Å². The first kappa shape index (κ1) is 62.0. The fourth-order valence-corrected chi connectivity index (χ4v) is 7.70. The zero-order chi connectivity index (χ0) is 56.7. The van der Waals surface area contributed by atoms with E-state index in [9.17, 15) is 0 Å². The monoisotopic (exact) mass is 976 g/mol. The molecule has 0 atom stereocenters. The van der Waals surface area contributed by atoms with Gasteiger partial charge in [-0.15, -0.1) is 10.2 Å². The van der Waals surface area contributed by atoms with Gasteiger partial charge in [0.2, 0.25) is 13.1 Å². The highest BCUT2D eigenvalue weighted by atomic mass is 15.5. The third-order valence-corrected chi connectivity index (χ3v) is 11.1. The molecule has 0 fully saturated rings. The Morgan fingerprint density at radius 2 is 1.04 bits per heavy atom. The van der Waals surface area contributed by atoms with Gasteiger partial charge in [0.05, 0.1) is 18.6 Å². The van der Waals surface area contributed by atoms with Crippen LogP contribution < -0.4 is 4.90 Å². The predicted molar refractivity (Wildman–Crippen MR) is 326 cm³/mol. The summed E-state index contributed by atoms with van der Waals surface area (Å²) < 4.78 is 3.34. The standard InChI is InChI=1S/C18H4.C16H16N8.C12H10N6.B18/c1-3-5-7-9-11-13-15-17-18-16-14-12-10-8-6-4-2;1-17-5-7-24-16(20-21-22-24)13-3-2-12-4-6-23(15(12)8-13)10-14-9-18-11-19-14;1-13-6-7-18-12(15-16-17-18)10-3-2-9-4-5-14-11(9)8-10;1-11(2)16(12(3)4)18(15(9)10)17(13(5)6)14(7)8/h1-2H2;2-3,8-9,11H,4-7,10H2,(H,18,19);2-5,8,14H,6-7H2;. The Labute approximate surface area is 471 Å². The summed E-state index contributed by atoms with van der Waals surface area (Å²) in [4.78, 5) is 19.4. The maximum Gasteiger partial charge on any atom is 0.234 e. The summed E-state index contributed by atoms with van der Waals surface area (Å²) in [7, 11) is 56.7. The summed E-state index contributed by atoms with van der Waals surface area (Å²) in [6.07, 6.45) is 0.448. The van der Waals surface area contributed by atoms with Crippen molar-refractivity contribution < 1.29 is 0 Å². The zero-order valence-electron chi connectivity index (χ0n) is 42.4. The maximum atomic E-state index is 6.93. The van der Waals surface area contributed by atoms with E-state index in [1.165, 1.54) is 11.3 Å². The van der Waals surface area contributed by atoms with Gasteiger partial charge in [-0.1, -0.05) is 35.7 Å². The molecule has 0 saturated carbocycles. The van der Waals surface area contributed by atoms with Gasteiger partial charge < -0.3 is 24.6 Å². The fourth-order valence-electron chi connectivity index (χ4n) is 7.70. The summed E-state index contributed by atoms with van der Waals surface area (Å²) in [5, 5.41) is 24.6. The summed E-state index contributed by atoms with van der Waals surface area (Å²) in [6, 6.07) is 14.4. The molecule has 338 valence electrons. The van der Waals surface area contributed by atoms with Crippen molar-refractivity contribution in [2.45, 2.75) is 26.1 Å². The lowest BCUT2D eigenvalue weighted by Crippen LogP contribution is -2.78. The first-order valence-corrected chi connectivity index (χ1v) is 23.5. The molecule has 5 heterocycles. The molecule has 1 aliphatic heterocycles. The lowest BCUT2D eigenvalue weighted by Gasteiger charge is -2.40. The minimum atomic E-state index is -0.853. The molecule has 0 bridgehead atoms. The van der Waals surface area contributed by atoms with Crippen LogP contribution >= 0.6 is 0 Å². The van der Waals surface area contributed by atoms with Crippen LogP contribution in [0.4, 0.5) is 5.69 Å². The summed E-state index contributed by atoms with van der Waals surface area (Å²) in [6.45, 7) is 23.9. The SMILES string of the molecule is C=C=C=C=C=C=C=C=C=C=C=C=C=C=C=C=C=C.[B]B([B])B(B([B])[B])B(B([B])[B])B(B([B])[B])B([B])[B].[C-]#[N+]CCn1nnnc1-c1ccc2c(c1)N(Cc1cnc[nH]1)CC2.[C-]#[N+]CCn1nnnc1-c1ccc2cc[nH]c2c1. The van der Waals surface area contributed by atoms with Crippen molar-refractivity contribution in [3.8, 4) is 22.8 Å². The topological polar surface area (TPSA) is 144 Å². The quantitative estimate of drug-likeness (QED) is 0.0814. The Morgan fingerprint density at radius 3 is 1.47 bits per heavy atom. The number of hydrogen-bond donors (Lipinski definition) is 2. The number of aromatic amines is 2. The molecule has 2 aromatic carbocycles. The van der Waals surface area contributed by atoms with Crippen LogP contribution in [-0.4, -0.2) is 203 Å². The zero-order valence-corrected chi connectivity index (χ0v) is 42.4. The van der Waals surface area contributed by atoms with Crippen molar-refractivity contribution in [3.05, 3.63) is 200 Å². The maximum absolute atomic E-state index is 6.93. The van der Waals surface area contributed by atoms with Crippen LogP contribution in [0.5, 0.6) is 0 Å². The second kappa shape index (κ2) is 34.2. The summed E-state index contributed by atoms with van der Waals surface area (Å²) in [5.41, 5.74) is 46.0. The van der Waals surface area contributed by atoms with E-state index in [0.717, 1.165) is 47.2 Å². The molecule has 20 radical (unpaired) electrons. The van der Waals surface area contributed by atoms with E-state index in [0.29, 0.717) is 37.8 Å². The minimum absolute atomic E-state index is 0.370. The Hall–Kier alpha value is -8.50. The van der Waals surface area contributed by atoms with Crippen molar-refractivity contribution in [1.29, 1.82) is 0 Å². The van der Waals surface area contributed by atoms with Crippen molar-refractivity contribution in [2.24, 2.45) is 0 Å². The molecule has 7 rings (SSSR count). The van der Waals surface area contributed by atoms with Gasteiger partial charge in [0.1, 0.15) is 13.1 Å². The normalized spacial score (nSPS) is 9.44. The van der Waals surface area contributed by atoms with Crippen molar-refractivity contribution in [3.63, 3.8) is 0 Å². The second-order valence-corrected chi connectivity index (χ2v) is 16.3. The summed E-state index contributed by atoms with van der Waals surface area (Å²) >= 11 is 0. The number of nitrogens with one attached hydrogen (secondary N) is 2.